The van der Waals surface area contributed by atoms with Crippen molar-refractivity contribution in [1.82, 2.24) is 10.3 Å². The van der Waals surface area contributed by atoms with Crippen LogP contribution in [0.2, 0.25) is 5.15 Å². The number of carbonyl (C=O) groups excluding carboxylic acids is 2. The summed E-state index contributed by atoms with van der Waals surface area (Å²) in [6.07, 6.45) is 0. The molecule has 0 radical (unpaired) electrons. The van der Waals surface area contributed by atoms with Crippen LogP contribution in [0.15, 0.2) is 60.7 Å². The van der Waals surface area contributed by atoms with Crippen LogP contribution in [-0.2, 0) is 6.54 Å². The highest BCUT2D eigenvalue weighted by atomic mass is 35.5. The molecule has 2 amide bonds. The highest BCUT2D eigenvalue weighted by Gasteiger charge is 2.10. The molecule has 8 heteroatoms. The Morgan fingerprint density at radius 2 is 1.76 bits per heavy atom. The third kappa shape index (κ3) is 5.52. The fourth-order valence-electron chi connectivity index (χ4n) is 2.60. The van der Waals surface area contributed by atoms with Gasteiger partial charge < -0.3 is 16.0 Å². The normalized spacial score (nSPS) is 10.3. The van der Waals surface area contributed by atoms with E-state index in [0.717, 1.165) is 5.56 Å². The summed E-state index contributed by atoms with van der Waals surface area (Å²) >= 11 is 5.93. The largest absolute Gasteiger partial charge is 0.373 e. The Labute approximate surface area is 172 Å². The van der Waals surface area contributed by atoms with E-state index in [1.165, 1.54) is 30.3 Å². The number of amides is 2. The van der Waals surface area contributed by atoms with Crippen molar-refractivity contribution in [3.05, 3.63) is 88.3 Å². The first-order valence-electron chi connectivity index (χ1n) is 8.74. The molecule has 0 saturated heterocycles. The average Bonchev–Trinajstić information content (AvgIpc) is 2.72. The Balaban J connectivity index is 1.64. The predicted molar refractivity (Wildman–Crippen MR) is 111 cm³/mol. The highest BCUT2D eigenvalue weighted by molar-refractivity contribution is 6.29. The molecule has 0 spiro atoms. The van der Waals surface area contributed by atoms with Gasteiger partial charge in [-0.3, -0.25) is 9.59 Å². The molecule has 3 N–H and O–H groups in total. The molecule has 3 aromatic rings. The molecule has 0 aliphatic rings. The summed E-state index contributed by atoms with van der Waals surface area (Å²) in [7, 11) is 1.69. The molecule has 0 fully saturated rings. The van der Waals surface area contributed by atoms with Crippen LogP contribution in [-0.4, -0.2) is 23.8 Å². The third-order valence-corrected chi connectivity index (χ3v) is 4.25. The van der Waals surface area contributed by atoms with Crippen molar-refractivity contribution in [2.45, 2.75) is 6.54 Å². The van der Waals surface area contributed by atoms with Gasteiger partial charge >= 0.3 is 0 Å². The quantitative estimate of drug-likeness (QED) is 0.532. The lowest BCUT2D eigenvalue weighted by molar-refractivity contribution is 0.0950. The van der Waals surface area contributed by atoms with Crippen LogP contribution < -0.4 is 16.0 Å². The zero-order chi connectivity index (χ0) is 20.8. The minimum atomic E-state index is -0.406. The first-order chi connectivity index (χ1) is 13.9. The maximum atomic E-state index is 13.0. The Kier molecular flexibility index (Phi) is 6.41. The molecule has 0 aliphatic carbocycles. The highest BCUT2D eigenvalue weighted by Crippen LogP contribution is 2.15. The number of nitrogens with one attached hydrogen (secondary N) is 3. The predicted octanol–water partition coefficient (Wildman–Crippen LogP) is 4.10. The van der Waals surface area contributed by atoms with Gasteiger partial charge in [0.05, 0.1) is 0 Å². The van der Waals surface area contributed by atoms with Gasteiger partial charge in [0.2, 0.25) is 0 Å². The maximum Gasteiger partial charge on any atom is 0.255 e. The summed E-state index contributed by atoms with van der Waals surface area (Å²) in [5.41, 5.74) is 2.09. The summed E-state index contributed by atoms with van der Waals surface area (Å²) in [6.45, 7) is 0.258. The second-order valence-corrected chi connectivity index (χ2v) is 6.55. The molecule has 1 aromatic heterocycles. The van der Waals surface area contributed by atoms with Crippen LogP contribution in [0.1, 0.15) is 26.3 Å². The molecule has 3 rings (SSSR count). The minimum absolute atomic E-state index is 0.215. The van der Waals surface area contributed by atoms with Gasteiger partial charge in [-0.25, -0.2) is 9.37 Å². The second-order valence-electron chi connectivity index (χ2n) is 6.16. The zero-order valence-corrected chi connectivity index (χ0v) is 16.3. The van der Waals surface area contributed by atoms with E-state index < -0.39 is 5.82 Å². The first kappa shape index (κ1) is 20.3. The second kappa shape index (κ2) is 9.16. The van der Waals surface area contributed by atoms with Crippen LogP contribution in [0.25, 0.3) is 0 Å². The fourth-order valence-corrected chi connectivity index (χ4v) is 2.81. The molecule has 0 atom stereocenters. The van der Waals surface area contributed by atoms with E-state index in [1.54, 1.807) is 31.3 Å². The van der Waals surface area contributed by atoms with Crippen molar-refractivity contribution in [1.29, 1.82) is 0 Å². The number of hydrogen-bond donors (Lipinski definition) is 3. The first-order valence-corrected chi connectivity index (χ1v) is 9.12. The summed E-state index contributed by atoms with van der Waals surface area (Å²) < 4.78 is 13.0. The van der Waals surface area contributed by atoms with Gasteiger partial charge in [0.1, 0.15) is 16.8 Å². The van der Waals surface area contributed by atoms with E-state index in [-0.39, 0.29) is 23.5 Å². The van der Waals surface area contributed by atoms with Gasteiger partial charge in [-0.15, -0.1) is 0 Å². The molecule has 0 bridgehead atoms. The Hall–Kier alpha value is -3.45. The van der Waals surface area contributed by atoms with Gasteiger partial charge in [0.15, 0.2) is 0 Å². The summed E-state index contributed by atoms with van der Waals surface area (Å²) in [4.78, 5) is 28.7. The van der Waals surface area contributed by atoms with Gasteiger partial charge in [0.25, 0.3) is 11.8 Å². The van der Waals surface area contributed by atoms with Crippen molar-refractivity contribution in [2.24, 2.45) is 0 Å². The third-order valence-electron chi connectivity index (χ3n) is 4.06. The lowest BCUT2D eigenvalue weighted by Gasteiger charge is -2.10. The van der Waals surface area contributed by atoms with Gasteiger partial charge in [0, 0.05) is 30.4 Å². The molecular formula is C21H18ClFN4O2. The van der Waals surface area contributed by atoms with Gasteiger partial charge in [-0.2, -0.15) is 0 Å². The average molecular weight is 413 g/mol. The Bertz CT molecular complexity index is 1040. The van der Waals surface area contributed by atoms with Crippen LogP contribution in [0.5, 0.6) is 0 Å². The van der Waals surface area contributed by atoms with E-state index in [0.29, 0.717) is 22.6 Å². The Morgan fingerprint density at radius 1 is 1.00 bits per heavy atom. The minimum Gasteiger partial charge on any atom is -0.373 e. The number of carbonyl (C=O) groups is 2. The van der Waals surface area contributed by atoms with E-state index in [4.69, 9.17) is 11.6 Å². The SMILES string of the molecule is CNc1cc(C(=O)NCc2cccc(NC(=O)c3ccc(F)cc3)c2)cc(Cl)n1. The monoisotopic (exact) mass is 412 g/mol. The van der Waals surface area contributed by atoms with Crippen molar-refractivity contribution in [2.75, 3.05) is 17.7 Å². The number of hydrogen-bond acceptors (Lipinski definition) is 4. The number of nitrogens with zero attached hydrogens (tertiary/aromatic N) is 1. The summed E-state index contributed by atoms with van der Waals surface area (Å²) in [5, 5.41) is 8.61. The molecule has 0 aliphatic heterocycles. The molecule has 2 aromatic carbocycles. The molecule has 148 valence electrons. The molecule has 6 nitrogen and oxygen atoms in total. The fraction of sp³-hybridized carbons (Fsp3) is 0.0952. The zero-order valence-electron chi connectivity index (χ0n) is 15.5. The number of halogens is 2. The van der Waals surface area contributed by atoms with E-state index in [9.17, 15) is 14.0 Å². The van der Waals surface area contributed by atoms with Gasteiger partial charge in [-0.1, -0.05) is 23.7 Å². The number of benzene rings is 2. The number of rotatable bonds is 6. The molecule has 0 unspecified atom stereocenters. The van der Waals surface area contributed by atoms with Crippen LogP contribution in [0.4, 0.5) is 15.9 Å². The van der Waals surface area contributed by atoms with Crippen LogP contribution in [0, 0.1) is 5.82 Å². The smallest absolute Gasteiger partial charge is 0.255 e. The summed E-state index contributed by atoms with van der Waals surface area (Å²) in [5.74, 6) is -0.562. The van der Waals surface area contributed by atoms with E-state index >= 15 is 0 Å². The molecular weight excluding hydrogens is 395 g/mol. The molecule has 1 heterocycles. The van der Waals surface area contributed by atoms with Crippen molar-refractivity contribution in [3.8, 4) is 0 Å². The lowest BCUT2D eigenvalue weighted by atomic mass is 10.1. The Morgan fingerprint density at radius 3 is 2.48 bits per heavy atom. The number of aromatic nitrogens is 1. The molecule has 0 saturated carbocycles. The van der Waals surface area contributed by atoms with Gasteiger partial charge in [-0.05, 0) is 54.1 Å². The van der Waals surface area contributed by atoms with E-state index in [2.05, 4.69) is 20.9 Å². The van der Waals surface area contributed by atoms with Crippen molar-refractivity contribution >= 4 is 34.9 Å². The van der Waals surface area contributed by atoms with Crippen molar-refractivity contribution in [3.63, 3.8) is 0 Å². The lowest BCUT2D eigenvalue weighted by Crippen LogP contribution is -2.23. The van der Waals surface area contributed by atoms with E-state index in [1.807, 2.05) is 6.07 Å². The number of pyridine rings is 1. The summed E-state index contributed by atoms with van der Waals surface area (Å²) in [6, 6.07) is 15.4. The number of anilines is 2. The molecule has 29 heavy (non-hydrogen) atoms. The standard InChI is InChI=1S/C21H18ClFN4O2/c1-24-19-11-15(10-18(22)27-19)20(28)25-12-13-3-2-4-17(9-13)26-21(29)14-5-7-16(23)8-6-14/h2-11H,12H2,1H3,(H,24,27)(H,25,28)(H,26,29). The van der Waals surface area contributed by atoms with Crippen LogP contribution in [0.3, 0.4) is 0 Å². The maximum absolute atomic E-state index is 13.0. The van der Waals surface area contributed by atoms with Crippen LogP contribution >= 0.6 is 11.6 Å². The van der Waals surface area contributed by atoms with Crippen molar-refractivity contribution < 1.29 is 14.0 Å². The topological polar surface area (TPSA) is 83.1 Å².